The number of methoxy groups -OCH3 is 2. The molecule has 0 amide bonds. The number of rotatable bonds is 7. The van der Waals surface area contributed by atoms with Gasteiger partial charge in [0.15, 0.2) is 5.13 Å². The number of nitrogens with one attached hydrogen (secondary N) is 1. The number of hydrogen-bond donors (Lipinski definition) is 2. The zero-order valence-corrected chi connectivity index (χ0v) is 17.1. The van der Waals surface area contributed by atoms with Crippen molar-refractivity contribution in [3.8, 4) is 22.8 Å². The van der Waals surface area contributed by atoms with Gasteiger partial charge in [0.05, 0.1) is 26.3 Å². The Balaban J connectivity index is 2.04. The van der Waals surface area contributed by atoms with Gasteiger partial charge in [-0.15, -0.1) is 11.3 Å². The number of halogens is 1. The number of carboxylic acids is 1. The summed E-state index contributed by atoms with van der Waals surface area (Å²) in [5.74, 6) is 0.322. The highest BCUT2D eigenvalue weighted by Gasteiger charge is 2.19. The van der Waals surface area contributed by atoms with E-state index >= 15 is 0 Å². The molecule has 0 saturated heterocycles. The summed E-state index contributed by atoms with van der Waals surface area (Å²) in [6, 6.07) is 13.0. The molecule has 8 heteroatoms. The van der Waals surface area contributed by atoms with Gasteiger partial charge in [0.2, 0.25) is 0 Å². The van der Waals surface area contributed by atoms with Crippen molar-refractivity contribution in [2.45, 2.75) is 6.42 Å². The molecule has 0 unspecified atom stereocenters. The Labute approximate surface area is 168 Å². The minimum Gasteiger partial charge on any atom is -0.497 e. The number of ether oxygens (including phenoxy) is 2. The molecule has 2 N–H and O–H groups in total. The molecule has 1 aromatic heterocycles. The molecular weight excluding hydrogens is 432 g/mol. The molecule has 140 valence electrons. The average Bonchev–Trinajstić information content (AvgIpc) is 3.04. The van der Waals surface area contributed by atoms with Gasteiger partial charge < -0.3 is 19.9 Å². The molecule has 1 heterocycles. The second kappa shape index (κ2) is 8.41. The minimum atomic E-state index is -0.919. The van der Waals surface area contributed by atoms with Crippen LogP contribution in [0, 0.1) is 0 Å². The molecule has 0 aliphatic heterocycles. The van der Waals surface area contributed by atoms with E-state index in [1.165, 1.54) is 11.3 Å². The summed E-state index contributed by atoms with van der Waals surface area (Å²) in [4.78, 5) is 16.6. The highest BCUT2D eigenvalue weighted by Crippen LogP contribution is 2.39. The summed E-state index contributed by atoms with van der Waals surface area (Å²) >= 11 is 4.71. The number of aromatic nitrogens is 1. The van der Waals surface area contributed by atoms with Crippen LogP contribution in [0.4, 0.5) is 10.8 Å². The van der Waals surface area contributed by atoms with Crippen molar-refractivity contribution in [1.29, 1.82) is 0 Å². The van der Waals surface area contributed by atoms with Crippen molar-refractivity contribution >= 4 is 44.1 Å². The summed E-state index contributed by atoms with van der Waals surface area (Å²) in [7, 11) is 3.14. The van der Waals surface area contributed by atoms with E-state index in [4.69, 9.17) is 9.47 Å². The van der Waals surface area contributed by atoms with E-state index in [1.54, 1.807) is 32.4 Å². The molecule has 0 atom stereocenters. The number of benzene rings is 2. The fraction of sp³-hybridized carbons (Fsp3) is 0.158. The average molecular weight is 449 g/mol. The fourth-order valence-corrected chi connectivity index (χ4v) is 3.78. The van der Waals surface area contributed by atoms with Gasteiger partial charge in [-0.3, -0.25) is 4.79 Å². The molecule has 3 rings (SSSR count). The van der Waals surface area contributed by atoms with Gasteiger partial charge >= 0.3 is 5.97 Å². The Morgan fingerprint density at radius 1 is 1.19 bits per heavy atom. The number of aliphatic carboxylic acids is 1. The highest BCUT2D eigenvalue weighted by atomic mass is 79.9. The third-order valence-electron chi connectivity index (χ3n) is 3.77. The highest BCUT2D eigenvalue weighted by molar-refractivity contribution is 9.10. The van der Waals surface area contributed by atoms with Crippen LogP contribution in [0.1, 0.15) is 4.88 Å². The molecule has 27 heavy (non-hydrogen) atoms. The van der Waals surface area contributed by atoms with Gasteiger partial charge in [0.25, 0.3) is 0 Å². The van der Waals surface area contributed by atoms with E-state index in [1.807, 2.05) is 24.3 Å². The maximum absolute atomic E-state index is 11.3. The topological polar surface area (TPSA) is 80.7 Å². The lowest BCUT2D eigenvalue weighted by molar-refractivity contribution is -0.136. The summed E-state index contributed by atoms with van der Waals surface area (Å²) in [6.07, 6.45) is -0.130. The Bertz CT molecular complexity index is 957. The summed E-state index contributed by atoms with van der Waals surface area (Å²) < 4.78 is 11.7. The SMILES string of the molecule is COc1ccc(OC)c(-c2nc(Nc3ccc(Br)cc3)sc2CC(=O)O)c1. The Morgan fingerprint density at radius 3 is 2.56 bits per heavy atom. The quantitative estimate of drug-likeness (QED) is 0.531. The van der Waals surface area contributed by atoms with Gasteiger partial charge in [0, 0.05) is 20.6 Å². The van der Waals surface area contributed by atoms with E-state index in [0.29, 0.717) is 32.8 Å². The molecule has 0 aliphatic rings. The predicted molar refractivity (Wildman–Crippen MR) is 109 cm³/mol. The first-order chi connectivity index (χ1) is 13.0. The van der Waals surface area contributed by atoms with Crippen LogP contribution in [0.25, 0.3) is 11.3 Å². The van der Waals surface area contributed by atoms with Crippen LogP contribution in [0.2, 0.25) is 0 Å². The van der Waals surface area contributed by atoms with Crippen LogP contribution in [0.5, 0.6) is 11.5 Å². The standard InChI is InChI=1S/C19H17BrN2O4S/c1-25-13-7-8-15(26-2)14(9-13)18-16(10-17(23)24)27-19(22-18)21-12-5-3-11(20)4-6-12/h3-9H,10H2,1-2H3,(H,21,22)(H,23,24). The van der Waals surface area contributed by atoms with E-state index in [2.05, 4.69) is 26.2 Å². The maximum atomic E-state index is 11.3. The first-order valence-electron chi connectivity index (χ1n) is 7.96. The number of hydrogen-bond acceptors (Lipinski definition) is 6. The van der Waals surface area contributed by atoms with Crippen LogP contribution in [0.15, 0.2) is 46.9 Å². The molecule has 3 aromatic rings. The van der Waals surface area contributed by atoms with Crippen molar-refractivity contribution in [2.75, 3.05) is 19.5 Å². The number of thiazole rings is 1. The zero-order chi connectivity index (χ0) is 19.4. The van der Waals surface area contributed by atoms with Crippen LogP contribution < -0.4 is 14.8 Å². The molecule has 0 fully saturated rings. The molecule has 0 spiro atoms. The monoisotopic (exact) mass is 448 g/mol. The van der Waals surface area contributed by atoms with Gasteiger partial charge in [-0.25, -0.2) is 4.98 Å². The van der Waals surface area contributed by atoms with Gasteiger partial charge in [-0.2, -0.15) is 0 Å². The van der Waals surface area contributed by atoms with Crippen LogP contribution in [-0.2, 0) is 11.2 Å². The normalized spacial score (nSPS) is 10.5. The number of carboxylic acid groups (broad SMARTS) is 1. The van der Waals surface area contributed by atoms with Crippen molar-refractivity contribution in [1.82, 2.24) is 4.98 Å². The predicted octanol–water partition coefficient (Wildman–Crippen LogP) is 4.96. The molecular formula is C19H17BrN2O4S. The van der Waals surface area contributed by atoms with Gasteiger partial charge in [-0.1, -0.05) is 15.9 Å². The number of nitrogens with zero attached hydrogens (tertiary/aromatic N) is 1. The third kappa shape index (κ3) is 4.58. The van der Waals surface area contributed by atoms with Gasteiger partial charge in [0.1, 0.15) is 11.5 Å². The third-order valence-corrected chi connectivity index (χ3v) is 5.27. The number of carbonyl (C=O) groups is 1. The Hall–Kier alpha value is -2.58. The van der Waals surface area contributed by atoms with Crippen LogP contribution in [0.3, 0.4) is 0 Å². The smallest absolute Gasteiger partial charge is 0.308 e. The first kappa shape index (κ1) is 19.2. The number of anilines is 2. The van der Waals surface area contributed by atoms with Crippen molar-refractivity contribution in [3.05, 3.63) is 51.8 Å². The van der Waals surface area contributed by atoms with Crippen LogP contribution in [-0.4, -0.2) is 30.3 Å². The lowest BCUT2D eigenvalue weighted by Crippen LogP contribution is -2.00. The largest absolute Gasteiger partial charge is 0.497 e. The van der Waals surface area contributed by atoms with E-state index in [9.17, 15) is 9.90 Å². The van der Waals surface area contributed by atoms with Crippen molar-refractivity contribution in [2.24, 2.45) is 0 Å². The summed E-state index contributed by atoms with van der Waals surface area (Å²) in [5.41, 5.74) is 2.11. The van der Waals surface area contributed by atoms with Crippen molar-refractivity contribution < 1.29 is 19.4 Å². The van der Waals surface area contributed by atoms with Crippen molar-refractivity contribution in [3.63, 3.8) is 0 Å². The fourth-order valence-electron chi connectivity index (χ4n) is 2.53. The Morgan fingerprint density at radius 2 is 1.93 bits per heavy atom. The summed E-state index contributed by atoms with van der Waals surface area (Å²) in [6.45, 7) is 0. The molecule has 2 aromatic carbocycles. The van der Waals surface area contributed by atoms with E-state index in [0.717, 1.165) is 10.2 Å². The molecule has 0 radical (unpaired) electrons. The second-order valence-electron chi connectivity index (χ2n) is 5.56. The Kier molecular flexibility index (Phi) is 5.98. The first-order valence-corrected chi connectivity index (χ1v) is 9.57. The van der Waals surface area contributed by atoms with Gasteiger partial charge in [-0.05, 0) is 42.5 Å². The lowest BCUT2D eigenvalue weighted by atomic mass is 10.1. The second-order valence-corrected chi connectivity index (χ2v) is 7.56. The van der Waals surface area contributed by atoms with E-state index < -0.39 is 5.97 Å². The zero-order valence-electron chi connectivity index (χ0n) is 14.7. The minimum absolute atomic E-state index is 0.130. The van der Waals surface area contributed by atoms with Crippen LogP contribution >= 0.6 is 27.3 Å². The molecule has 0 aliphatic carbocycles. The van der Waals surface area contributed by atoms with E-state index in [-0.39, 0.29) is 6.42 Å². The molecule has 0 saturated carbocycles. The summed E-state index contributed by atoms with van der Waals surface area (Å²) in [5, 5.41) is 13.1. The molecule has 0 bridgehead atoms. The lowest BCUT2D eigenvalue weighted by Gasteiger charge is -2.10. The maximum Gasteiger partial charge on any atom is 0.308 e. The molecule has 6 nitrogen and oxygen atoms in total.